The van der Waals surface area contributed by atoms with Crippen LogP contribution in [0.3, 0.4) is 0 Å². The Morgan fingerprint density at radius 2 is 1.88 bits per heavy atom. The van der Waals surface area contributed by atoms with Gasteiger partial charge in [-0.25, -0.2) is 9.37 Å². The molecule has 1 N–H and O–H groups in total. The van der Waals surface area contributed by atoms with Crippen molar-refractivity contribution in [2.24, 2.45) is 5.92 Å². The van der Waals surface area contributed by atoms with E-state index in [1.165, 1.54) is 24.0 Å². The molecule has 4 aromatic rings. The molecule has 2 aromatic carbocycles. The van der Waals surface area contributed by atoms with Crippen LogP contribution in [0.1, 0.15) is 30.9 Å². The molecule has 1 aliphatic rings. The van der Waals surface area contributed by atoms with E-state index in [4.69, 9.17) is 4.52 Å². The van der Waals surface area contributed by atoms with Gasteiger partial charge in [0, 0.05) is 25.2 Å². The summed E-state index contributed by atoms with van der Waals surface area (Å²) in [5.74, 6) is 0.249. The first-order valence-electron chi connectivity index (χ1n) is 11.6. The van der Waals surface area contributed by atoms with Crippen molar-refractivity contribution in [3.8, 4) is 11.3 Å². The molecule has 0 spiro atoms. The van der Waals surface area contributed by atoms with E-state index in [0.29, 0.717) is 35.7 Å². The average molecular weight is 460 g/mol. The highest BCUT2D eigenvalue weighted by molar-refractivity contribution is 5.98. The first-order chi connectivity index (χ1) is 16.6. The Morgan fingerprint density at radius 1 is 1.12 bits per heavy atom. The Morgan fingerprint density at radius 3 is 2.65 bits per heavy atom. The average Bonchev–Trinajstić information content (AvgIpc) is 3.32. The maximum absolute atomic E-state index is 13.4. The van der Waals surface area contributed by atoms with Crippen LogP contribution in [0.25, 0.3) is 22.4 Å². The Balaban J connectivity index is 1.34. The molecule has 174 valence electrons. The fourth-order valence-corrected chi connectivity index (χ4v) is 4.43. The predicted molar refractivity (Wildman–Crippen MR) is 128 cm³/mol. The zero-order valence-electron chi connectivity index (χ0n) is 19.0. The van der Waals surface area contributed by atoms with Crippen molar-refractivity contribution in [1.82, 2.24) is 20.4 Å². The maximum Gasteiger partial charge on any atom is 0.263 e. The van der Waals surface area contributed by atoms with Crippen LogP contribution in [0, 0.1) is 11.7 Å². The minimum Gasteiger partial charge on any atom is -0.355 e. The molecule has 1 fully saturated rings. The number of anilines is 1. The second kappa shape index (κ2) is 9.59. The molecule has 34 heavy (non-hydrogen) atoms. The van der Waals surface area contributed by atoms with Crippen molar-refractivity contribution in [2.75, 3.05) is 18.0 Å². The van der Waals surface area contributed by atoms with Gasteiger partial charge in [0.1, 0.15) is 29.0 Å². The van der Waals surface area contributed by atoms with E-state index in [9.17, 15) is 9.18 Å². The SMILES string of the molecule is CCc1ccc(CNC(=O)[C@H]2CCCN(c3ncnc4onc(-c5ccc(F)cc5)c34)C2)cc1. The van der Waals surface area contributed by atoms with Gasteiger partial charge in [-0.05, 0) is 54.7 Å². The van der Waals surface area contributed by atoms with Crippen LogP contribution in [0.4, 0.5) is 10.2 Å². The first-order valence-corrected chi connectivity index (χ1v) is 11.6. The molecule has 1 aliphatic heterocycles. The summed E-state index contributed by atoms with van der Waals surface area (Å²) in [6, 6.07) is 14.4. The summed E-state index contributed by atoms with van der Waals surface area (Å²) in [4.78, 5) is 23.8. The number of hydrogen-bond donors (Lipinski definition) is 1. The van der Waals surface area contributed by atoms with Crippen molar-refractivity contribution >= 4 is 22.8 Å². The highest BCUT2D eigenvalue weighted by Gasteiger charge is 2.29. The Labute approximate surface area is 197 Å². The number of hydrogen-bond acceptors (Lipinski definition) is 6. The number of benzene rings is 2. The van der Waals surface area contributed by atoms with E-state index in [1.54, 1.807) is 12.1 Å². The van der Waals surface area contributed by atoms with E-state index in [0.717, 1.165) is 36.9 Å². The lowest BCUT2D eigenvalue weighted by Gasteiger charge is -2.33. The fourth-order valence-electron chi connectivity index (χ4n) is 4.43. The number of rotatable bonds is 6. The van der Waals surface area contributed by atoms with E-state index in [-0.39, 0.29) is 17.6 Å². The van der Waals surface area contributed by atoms with Crippen LogP contribution < -0.4 is 10.2 Å². The summed E-state index contributed by atoms with van der Waals surface area (Å²) in [5.41, 5.74) is 4.02. The van der Waals surface area contributed by atoms with Gasteiger partial charge in [-0.1, -0.05) is 36.3 Å². The number of fused-ring (bicyclic) bond motifs is 1. The van der Waals surface area contributed by atoms with E-state index >= 15 is 0 Å². The van der Waals surface area contributed by atoms with Crippen LogP contribution in [0.2, 0.25) is 0 Å². The molecule has 0 saturated carbocycles. The number of carbonyl (C=O) groups excluding carboxylic acids is 1. The summed E-state index contributed by atoms with van der Waals surface area (Å²) in [6.07, 6.45) is 4.13. The summed E-state index contributed by atoms with van der Waals surface area (Å²) >= 11 is 0. The number of aromatic nitrogens is 3. The normalized spacial score (nSPS) is 16.1. The van der Waals surface area contributed by atoms with Crippen molar-refractivity contribution in [3.63, 3.8) is 0 Å². The minimum absolute atomic E-state index is 0.0404. The van der Waals surface area contributed by atoms with Crippen LogP contribution in [0.5, 0.6) is 0 Å². The zero-order valence-corrected chi connectivity index (χ0v) is 19.0. The van der Waals surface area contributed by atoms with Gasteiger partial charge in [0.25, 0.3) is 5.71 Å². The van der Waals surface area contributed by atoms with Gasteiger partial charge in [-0.3, -0.25) is 4.79 Å². The third-order valence-corrected chi connectivity index (χ3v) is 6.36. The molecule has 8 heteroatoms. The number of carbonyl (C=O) groups is 1. The molecule has 0 unspecified atom stereocenters. The van der Waals surface area contributed by atoms with Gasteiger partial charge in [-0.2, -0.15) is 4.98 Å². The smallest absolute Gasteiger partial charge is 0.263 e. The molecule has 0 aliphatic carbocycles. The standard InChI is InChI=1S/C26H26FN5O2/c1-2-17-5-7-18(8-6-17)14-28-25(33)20-4-3-13-32(15-20)24-22-23(19-9-11-21(27)12-10-19)31-34-26(22)30-16-29-24/h5-12,16,20H,2-4,13-15H2,1H3,(H,28,33)/t20-/m0/s1. The number of piperidine rings is 1. The third kappa shape index (κ3) is 4.48. The minimum atomic E-state index is -0.320. The van der Waals surface area contributed by atoms with Crippen molar-refractivity contribution in [2.45, 2.75) is 32.7 Å². The van der Waals surface area contributed by atoms with Crippen LogP contribution >= 0.6 is 0 Å². The van der Waals surface area contributed by atoms with Gasteiger partial charge in [-0.15, -0.1) is 0 Å². The summed E-state index contributed by atoms with van der Waals surface area (Å²) in [5, 5.41) is 7.93. The Bertz CT molecular complexity index is 1290. The highest BCUT2D eigenvalue weighted by atomic mass is 19.1. The molecule has 1 atom stereocenters. The number of aryl methyl sites for hydroxylation is 1. The van der Waals surface area contributed by atoms with Crippen molar-refractivity contribution in [1.29, 1.82) is 0 Å². The fraction of sp³-hybridized carbons (Fsp3) is 0.308. The van der Waals surface area contributed by atoms with Gasteiger partial charge >= 0.3 is 0 Å². The highest BCUT2D eigenvalue weighted by Crippen LogP contribution is 2.34. The second-order valence-electron chi connectivity index (χ2n) is 8.59. The molecule has 7 nitrogen and oxygen atoms in total. The van der Waals surface area contributed by atoms with Gasteiger partial charge in [0.05, 0.1) is 5.92 Å². The van der Waals surface area contributed by atoms with Crippen LogP contribution in [0.15, 0.2) is 59.4 Å². The lowest BCUT2D eigenvalue weighted by Crippen LogP contribution is -2.43. The summed E-state index contributed by atoms with van der Waals surface area (Å²) in [7, 11) is 0. The third-order valence-electron chi connectivity index (χ3n) is 6.36. The first kappa shape index (κ1) is 22.0. The number of nitrogens with one attached hydrogen (secondary N) is 1. The Hall–Kier alpha value is -3.81. The number of amides is 1. The lowest BCUT2D eigenvalue weighted by atomic mass is 9.96. The van der Waals surface area contributed by atoms with Crippen molar-refractivity contribution in [3.05, 3.63) is 71.8 Å². The Kier molecular flexibility index (Phi) is 6.20. The van der Waals surface area contributed by atoms with Crippen molar-refractivity contribution < 1.29 is 13.7 Å². The lowest BCUT2D eigenvalue weighted by molar-refractivity contribution is -0.125. The summed E-state index contributed by atoms with van der Waals surface area (Å²) < 4.78 is 18.9. The largest absolute Gasteiger partial charge is 0.355 e. The predicted octanol–water partition coefficient (Wildman–Crippen LogP) is 4.52. The van der Waals surface area contributed by atoms with Gasteiger partial charge < -0.3 is 14.7 Å². The molecule has 2 aromatic heterocycles. The van der Waals surface area contributed by atoms with Crippen LogP contribution in [-0.2, 0) is 17.8 Å². The van der Waals surface area contributed by atoms with E-state index < -0.39 is 0 Å². The maximum atomic E-state index is 13.4. The number of halogens is 1. The molecule has 0 bridgehead atoms. The quantitative estimate of drug-likeness (QED) is 0.456. The molecular weight excluding hydrogens is 433 g/mol. The molecular formula is C26H26FN5O2. The molecule has 5 rings (SSSR count). The summed E-state index contributed by atoms with van der Waals surface area (Å²) in [6.45, 7) is 3.94. The monoisotopic (exact) mass is 459 g/mol. The number of nitrogens with zero attached hydrogens (tertiary/aromatic N) is 4. The zero-order chi connectivity index (χ0) is 23.5. The van der Waals surface area contributed by atoms with E-state index in [1.807, 2.05) is 0 Å². The molecule has 0 radical (unpaired) electrons. The molecule has 1 amide bonds. The van der Waals surface area contributed by atoms with E-state index in [2.05, 4.69) is 56.5 Å². The van der Waals surface area contributed by atoms with Crippen LogP contribution in [-0.4, -0.2) is 34.1 Å². The van der Waals surface area contributed by atoms with Gasteiger partial charge in [0.2, 0.25) is 5.91 Å². The molecule has 3 heterocycles. The topological polar surface area (TPSA) is 84.2 Å². The second-order valence-corrected chi connectivity index (χ2v) is 8.59. The molecule has 1 saturated heterocycles. The van der Waals surface area contributed by atoms with Gasteiger partial charge in [0.15, 0.2) is 0 Å².